The van der Waals surface area contributed by atoms with E-state index in [1.807, 2.05) is 0 Å². The van der Waals surface area contributed by atoms with Gasteiger partial charge in [-0.15, -0.1) is 0 Å². The molecule has 24 heavy (non-hydrogen) atoms. The van der Waals surface area contributed by atoms with Gasteiger partial charge in [-0.05, 0) is 19.8 Å². The first-order valence-electron chi connectivity index (χ1n) is 8.11. The predicted molar refractivity (Wildman–Crippen MR) is 82.3 cm³/mol. The molecule has 2 heterocycles. The minimum Gasteiger partial charge on any atom is -0.237 e. The Morgan fingerprint density at radius 1 is 1.33 bits per heavy atom. The SMILES string of the molecule is CCCC.Cc1ncc2c(F)c(C#N)c(C34CC3(C(F)F)C4)n2n1. The summed E-state index contributed by atoms with van der Waals surface area (Å²) in [5.74, 6) is -0.322. The fourth-order valence-electron chi connectivity index (χ4n) is 3.34. The molecule has 0 spiro atoms. The molecule has 0 aromatic carbocycles. The topological polar surface area (TPSA) is 54.0 Å². The second kappa shape index (κ2) is 5.47. The zero-order valence-corrected chi connectivity index (χ0v) is 13.9. The van der Waals surface area contributed by atoms with Crippen molar-refractivity contribution in [2.45, 2.75) is 58.3 Å². The number of fused-ring (bicyclic) bond motifs is 2. The molecule has 0 unspecified atom stereocenters. The smallest absolute Gasteiger partial charge is 0.237 e. The Bertz CT molecular complexity index is 826. The van der Waals surface area contributed by atoms with E-state index < -0.39 is 23.1 Å². The van der Waals surface area contributed by atoms with Crippen molar-refractivity contribution in [2.24, 2.45) is 5.41 Å². The van der Waals surface area contributed by atoms with Crippen LogP contribution in [0.15, 0.2) is 6.20 Å². The zero-order valence-electron chi connectivity index (χ0n) is 13.9. The third-order valence-corrected chi connectivity index (χ3v) is 5.16. The molecule has 0 saturated heterocycles. The van der Waals surface area contributed by atoms with Gasteiger partial charge in [-0.25, -0.2) is 22.7 Å². The van der Waals surface area contributed by atoms with Gasteiger partial charge in [0.05, 0.1) is 11.9 Å². The zero-order chi connectivity index (χ0) is 17.7. The fourth-order valence-corrected chi connectivity index (χ4v) is 3.34. The molecule has 0 amide bonds. The van der Waals surface area contributed by atoms with Crippen LogP contribution in [0.25, 0.3) is 5.52 Å². The van der Waals surface area contributed by atoms with Gasteiger partial charge in [-0.3, -0.25) is 0 Å². The van der Waals surface area contributed by atoms with E-state index in [4.69, 9.17) is 5.26 Å². The Balaban J connectivity index is 0.000000383. The number of aromatic nitrogens is 3. The summed E-state index contributed by atoms with van der Waals surface area (Å²) in [5, 5.41) is 13.3. The van der Waals surface area contributed by atoms with Crippen LogP contribution >= 0.6 is 0 Å². The lowest BCUT2D eigenvalue weighted by Crippen LogP contribution is -2.07. The molecule has 2 aromatic rings. The molecule has 0 atom stereocenters. The van der Waals surface area contributed by atoms with Crippen molar-refractivity contribution in [1.29, 1.82) is 5.26 Å². The van der Waals surface area contributed by atoms with E-state index in [9.17, 15) is 13.2 Å². The number of nitrogens with zero attached hydrogens (tertiary/aromatic N) is 4. The summed E-state index contributed by atoms with van der Waals surface area (Å²) < 4.78 is 41.7. The second-order valence-electron chi connectivity index (χ2n) is 6.64. The summed E-state index contributed by atoms with van der Waals surface area (Å²) in [6.07, 6.45) is 2.06. The Morgan fingerprint density at radius 2 is 1.96 bits per heavy atom. The number of halogens is 3. The van der Waals surface area contributed by atoms with Gasteiger partial charge in [0, 0.05) is 10.8 Å². The van der Waals surface area contributed by atoms with Crippen LogP contribution < -0.4 is 0 Å². The van der Waals surface area contributed by atoms with Gasteiger partial charge >= 0.3 is 0 Å². The fraction of sp³-hybridized carbons (Fsp3) is 0.588. The molecule has 2 saturated carbocycles. The van der Waals surface area contributed by atoms with Crippen LogP contribution in [-0.4, -0.2) is 21.0 Å². The summed E-state index contributed by atoms with van der Waals surface area (Å²) >= 11 is 0. The van der Waals surface area contributed by atoms with E-state index in [-0.39, 0.29) is 11.1 Å². The van der Waals surface area contributed by atoms with Crippen LogP contribution in [0.3, 0.4) is 0 Å². The minimum atomic E-state index is -2.45. The van der Waals surface area contributed by atoms with Crippen molar-refractivity contribution in [2.75, 3.05) is 0 Å². The van der Waals surface area contributed by atoms with E-state index in [0.29, 0.717) is 24.4 Å². The standard InChI is InChI=1S/C13H9F3N4.C4H10/c1-6-18-3-8-9(14)7(2-17)10(20(8)19-6)12-4-13(12,5-12)11(15)16;1-3-4-2/h3,11H,4-5H2,1H3;3-4H2,1-2H3. The highest BCUT2D eigenvalue weighted by Crippen LogP contribution is 2.88. The van der Waals surface area contributed by atoms with Crippen LogP contribution in [-0.2, 0) is 5.41 Å². The molecular formula is C17H19F3N4. The quantitative estimate of drug-likeness (QED) is 0.846. The number of hydrogen-bond acceptors (Lipinski definition) is 3. The first-order valence-corrected chi connectivity index (χ1v) is 8.11. The van der Waals surface area contributed by atoms with E-state index in [1.54, 1.807) is 13.0 Å². The second-order valence-corrected chi connectivity index (χ2v) is 6.64. The third-order valence-electron chi connectivity index (χ3n) is 5.16. The van der Waals surface area contributed by atoms with Gasteiger partial charge in [0.2, 0.25) is 6.43 Å². The predicted octanol–water partition coefficient (Wildman–Crippen LogP) is 4.15. The van der Waals surface area contributed by atoms with Crippen LogP contribution in [0.5, 0.6) is 0 Å². The van der Waals surface area contributed by atoms with Crippen molar-refractivity contribution < 1.29 is 13.2 Å². The molecule has 0 N–H and O–H groups in total. The van der Waals surface area contributed by atoms with Crippen molar-refractivity contribution in [1.82, 2.24) is 14.6 Å². The van der Waals surface area contributed by atoms with Crippen molar-refractivity contribution in [3.63, 3.8) is 0 Å². The Labute approximate surface area is 138 Å². The normalized spacial score (nSPS) is 26.6. The minimum absolute atomic E-state index is 0.0680. The molecule has 7 heteroatoms. The Morgan fingerprint density at radius 3 is 2.42 bits per heavy atom. The van der Waals surface area contributed by atoms with Gasteiger partial charge in [0.15, 0.2) is 5.82 Å². The number of hydrogen-bond donors (Lipinski definition) is 0. The van der Waals surface area contributed by atoms with Gasteiger partial charge in [-0.1, -0.05) is 26.7 Å². The highest BCUT2D eigenvalue weighted by molar-refractivity contribution is 5.64. The highest BCUT2D eigenvalue weighted by Gasteiger charge is 2.89. The van der Waals surface area contributed by atoms with Gasteiger partial charge in [0.25, 0.3) is 0 Å². The van der Waals surface area contributed by atoms with E-state index in [2.05, 4.69) is 23.9 Å². The van der Waals surface area contributed by atoms with E-state index in [0.717, 1.165) is 0 Å². The van der Waals surface area contributed by atoms with E-state index in [1.165, 1.54) is 23.6 Å². The van der Waals surface area contributed by atoms with Gasteiger partial charge < -0.3 is 0 Å². The van der Waals surface area contributed by atoms with Crippen molar-refractivity contribution in [3.8, 4) is 6.07 Å². The number of aryl methyl sites for hydroxylation is 1. The summed E-state index contributed by atoms with van der Waals surface area (Å²) in [7, 11) is 0. The maximum atomic E-state index is 14.2. The summed E-state index contributed by atoms with van der Waals surface area (Å²) in [6.45, 7) is 5.99. The lowest BCUT2D eigenvalue weighted by atomic mass is 10.1. The molecule has 2 aromatic heterocycles. The van der Waals surface area contributed by atoms with Crippen LogP contribution in [0.2, 0.25) is 0 Å². The lowest BCUT2D eigenvalue weighted by Gasteiger charge is -2.04. The van der Waals surface area contributed by atoms with Crippen LogP contribution in [0, 0.1) is 29.5 Å². The largest absolute Gasteiger partial charge is 0.245 e. The molecular weight excluding hydrogens is 317 g/mol. The Hall–Kier alpha value is -2.10. The molecule has 0 bridgehead atoms. The average Bonchev–Trinajstić information content (AvgIpc) is 3.36. The molecule has 2 fully saturated rings. The summed E-state index contributed by atoms with van der Waals surface area (Å²) in [6, 6.07) is 1.79. The average molecular weight is 336 g/mol. The highest BCUT2D eigenvalue weighted by atomic mass is 19.3. The van der Waals surface area contributed by atoms with Gasteiger partial charge in [0.1, 0.15) is 23.0 Å². The van der Waals surface area contributed by atoms with Crippen molar-refractivity contribution >= 4 is 5.52 Å². The third kappa shape index (κ3) is 2.05. The van der Waals surface area contributed by atoms with Crippen LogP contribution in [0.1, 0.15) is 56.6 Å². The van der Waals surface area contributed by atoms with Crippen LogP contribution in [0.4, 0.5) is 13.2 Å². The summed E-state index contributed by atoms with van der Waals surface area (Å²) in [4.78, 5) is 3.90. The lowest BCUT2D eigenvalue weighted by molar-refractivity contribution is 0.0927. The molecule has 4 nitrogen and oxygen atoms in total. The molecule has 2 aliphatic rings. The number of alkyl halides is 2. The number of rotatable bonds is 3. The van der Waals surface area contributed by atoms with Gasteiger partial charge in [-0.2, -0.15) is 10.4 Å². The molecule has 0 aliphatic heterocycles. The summed E-state index contributed by atoms with van der Waals surface area (Å²) in [5.41, 5.74) is -1.67. The maximum absolute atomic E-state index is 14.2. The van der Waals surface area contributed by atoms with Crippen molar-refractivity contribution in [3.05, 3.63) is 29.1 Å². The first kappa shape index (κ1) is 16.7. The maximum Gasteiger partial charge on any atom is 0.245 e. The Kier molecular flexibility index (Phi) is 3.82. The first-order chi connectivity index (χ1) is 11.4. The monoisotopic (exact) mass is 336 g/mol. The number of unbranched alkanes of at least 4 members (excludes halogenated alkanes) is 1. The molecule has 128 valence electrons. The number of nitriles is 1. The molecule has 4 rings (SSSR count). The molecule has 0 radical (unpaired) electrons. The molecule has 2 aliphatic carbocycles. The van der Waals surface area contributed by atoms with E-state index >= 15 is 0 Å².